The van der Waals surface area contributed by atoms with Gasteiger partial charge < -0.3 is 15.4 Å². The normalized spacial score (nSPS) is 16.7. The number of anilines is 2. The second-order valence-electron chi connectivity index (χ2n) is 7.42. The van der Waals surface area contributed by atoms with E-state index in [-0.39, 0.29) is 22.7 Å². The van der Waals surface area contributed by atoms with Gasteiger partial charge in [0, 0.05) is 31.9 Å². The number of sulfonamides is 1. The molecule has 1 heterocycles. The molecule has 0 aromatic heterocycles. The molecule has 0 bridgehead atoms. The van der Waals surface area contributed by atoms with Crippen molar-refractivity contribution in [2.45, 2.75) is 30.3 Å². The molecule has 0 spiro atoms. The number of benzene rings is 2. The number of esters is 1. The number of carbonyl (C=O) groups is 3. The fourth-order valence-corrected chi connectivity index (χ4v) is 4.09. The van der Waals surface area contributed by atoms with Crippen LogP contribution in [-0.4, -0.2) is 50.7 Å². The largest absolute Gasteiger partial charge is 0.452 e. The first kappa shape index (κ1) is 23.4. The van der Waals surface area contributed by atoms with Crippen molar-refractivity contribution in [1.82, 2.24) is 4.31 Å². The van der Waals surface area contributed by atoms with Crippen molar-refractivity contribution in [3.63, 3.8) is 0 Å². The first-order valence-electron chi connectivity index (χ1n) is 9.62. The molecule has 11 heteroatoms. The van der Waals surface area contributed by atoms with Crippen LogP contribution in [0.2, 0.25) is 0 Å². The second kappa shape index (κ2) is 9.05. The molecule has 2 atom stereocenters. The lowest BCUT2D eigenvalue weighted by molar-refractivity contribution is -0.155. The summed E-state index contributed by atoms with van der Waals surface area (Å²) in [5.74, 6) is -3.51. The lowest BCUT2D eigenvalue weighted by Crippen LogP contribution is -2.34. The second-order valence-corrected chi connectivity index (χ2v) is 9.57. The van der Waals surface area contributed by atoms with E-state index in [1.54, 1.807) is 0 Å². The van der Waals surface area contributed by atoms with Crippen molar-refractivity contribution in [3.8, 4) is 0 Å². The number of hydrogen-bond donors (Lipinski definition) is 2. The Balaban J connectivity index is 1.71. The first-order chi connectivity index (χ1) is 15.0. The van der Waals surface area contributed by atoms with Gasteiger partial charge in [-0.3, -0.25) is 14.4 Å². The van der Waals surface area contributed by atoms with E-state index in [0.717, 1.165) is 10.4 Å². The van der Waals surface area contributed by atoms with Crippen LogP contribution in [0.4, 0.5) is 15.8 Å². The Bertz CT molecular complexity index is 1180. The minimum Gasteiger partial charge on any atom is -0.452 e. The van der Waals surface area contributed by atoms with E-state index in [2.05, 4.69) is 10.6 Å². The predicted molar refractivity (Wildman–Crippen MR) is 114 cm³/mol. The molecule has 0 unspecified atom stereocenters. The Hall–Kier alpha value is -3.31. The van der Waals surface area contributed by atoms with Crippen molar-refractivity contribution in [2.24, 2.45) is 0 Å². The van der Waals surface area contributed by atoms with Crippen LogP contribution in [0.3, 0.4) is 0 Å². The number of nitrogens with one attached hydrogen (secondary N) is 2. The fourth-order valence-electron chi connectivity index (χ4n) is 3.15. The molecule has 2 aromatic carbocycles. The molecule has 0 aliphatic carbocycles. The fraction of sp³-hybridized carbons (Fsp3) is 0.286. The van der Waals surface area contributed by atoms with Crippen molar-refractivity contribution in [2.75, 3.05) is 24.7 Å². The van der Waals surface area contributed by atoms with Crippen LogP contribution >= 0.6 is 0 Å². The summed E-state index contributed by atoms with van der Waals surface area (Å²) >= 11 is 0. The minimum atomic E-state index is -3.69. The van der Waals surface area contributed by atoms with Crippen LogP contribution in [0.15, 0.2) is 47.4 Å². The highest BCUT2D eigenvalue weighted by Gasteiger charge is 2.34. The maximum Gasteiger partial charge on any atom is 0.314 e. The molecule has 0 saturated heterocycles. The third-order valence-electron chi connectivity index (χ3n) is 4.88. The Morgan fingerprint density at radius 2 is 1.94 bits per heavy atom. The number of halogens is 1. The summed E-state index contributed by atoms with van der Waals surface area (Å²) in [6.45, 7) is 1.35. The summed E-state index contributed by atoms with van der Waals surface area (Å²) in [4.78, 5) is 37.0. The molecule has 3 rings (SSSR count). The van der Waals surface area contributed by atoms with Gasteiger partial charge in [-0.1, -0.05) is 12.1 Å². The topological polar surface area (TPSA) is 122 Å². The van der Waals surface area contributed by atoms with Gasteiger partial charge in [-0.15, -0.1) is 0 Å². The van der Waals surface area contributed by atoms with E-state index in [0.29, 0.717) is 5.56 Å². The SMILES string of the molecule is C[C@H](OC(=O)[C@@H]1CC(=O)Nc2cc(F)ccc21)C(=O)Nc1cccc(S(=O)(=O)N(C)C)c1. The Kier molecular flexibility index (Phi) is 6.60. The van der Waals surface area contributed by atoms with E-state index < -0.39 is 45.6 Å². The maximum absolute atomic E-state index is 13.5. The van der Waals surface area contributed by atoms with Crippen LogP contribution in [0.25, 0.3) is 0 Å². The third kappa shape index (κ3) is 4.94. The van der Waals surface area contributed by atoms with Gasteiger partial charge in [0.05, 0.1) is 10.8 Å². The molecule has 2 amide bonds. The van der Waals surface area contributed by atoms with E-state index in [1.807, 2.05) is 0 Å². The Labute approximate surface area is 184 Å². The van der Waals surface area contributed by atoms with Gasteiger partial charge in [-0.25, -0.2) is 17.1 Å². The summed E-state index contributed by atoms with van der Waals surface area (Å²) in [7, 11) is -0.915. The quantitative estimate of drug-likeness (QED) is 0.633. The van der Waals surface area contributed by atoms with Crippen LogP contribution < -0.4 is 10.6 Å². The molecule has 32 heavy (non-hydrogen) atoms. The van der Waals surface area contributed by atoms with Crippen LogP contribution in [-0.2, 0) is 29.1 Å². The average Bonchev–Trinajstić information content (AvgIpc) is 2.72. The van der Waals surface area contributed by atoms with Gasteiger partial charge in [0.2, 0.25) is 15.9 Å². The highest BCUT2D eigenvalue weighted by atomic mass is 32.2. The number of ether oxygens (including phenoxy) is 1. The molecule has 0 radical (unpaired) electrons. The molecular weight excluding hydrogens is 441 g/mol. The lowest BCUT2D eigenvalue weighted by Gasteiger charge is -2.25. The first-order valence-corrected chi connectivity index (χ1v) is 11.1. The van der Waals surface area contributed by atoms with Gasteiger partial charge in [-0.2, -0.15) is 0 Å². The molecule has 9 nitrogen and oxygen atoms in total. The molecule has 1 aliphatic rings. The van der Waals surface area contributed by atoms with E-state index in [9.17, 15) is 27.2 Å². The van der Waals surface area contributed by atoms with Crippen molar-refractivity contribution >= 4 is 39.2 Å². The summed E-state index contributed by atoms with van der Waals surface area (Å²) in [5, 5.41) is 5.01. The Morgan fingerprint density at radius 1 is 1.22 bits per heavy atom. The number of rotatable bonds is 6. The summed E-state index contributed by atoms with van der Waals surface area (Å²) in [6, 6.07) is 9.31. The van der Waals surface area contributed by atoms with Gasteiger partial charge in [-0.05, 0) is 42.8 Å². The van der Waals surface area contributed by atoms with Crippen LogP contribution in [0.1, 0.15) is 24.8 Å². The molecule has 2 aromatic rings. The number of fused-ring (bicyclic) bond motifs is 1. The zero-order valence-electron chi connectivity index (χ0n) is 17.6. The maximum atomic E-state index is 13.5. The molecule has 1 aliphatic heterocycles. The van der Waals surface area contributed by atoms with Gasteiger partial charge in [0.1, 0.15) is 5.82 Å². The van der Waals surface area contributed by atoms with Gasteiger partial charge >= 0.3 is 5.97 Å². The third-order valence-corrected chi connectivity index (χ3v) is 6.69. The summed E-state index contributed by atoms with van der Waals surface area (Å²) < 4.78 is 44.3. The molecule has 2 N–H and O–H groups in total. The smallest absolute Gasteiger partial charge is 0.314 e. The lowest BCUT2D eigenvalue weighted by atomic mass is 9.90. The number of amides is 2. The number of nitrogens with zero attached hydrogens (tertiary/aromatic N) is 1. The van der Waals surface area contributed by atoms with Crippen molar-refractivity contribution in [1.29, 1.82) is 0 Å². The van der Waals surface area contributed by atoms with E-state index in [1.165, 1.54) is 57.4 Å². The van der Waals surface area contributed by atoms with E-state index >= 15 is 0 Å². The van der Waals surface area contributed by atoms with Gasteiger partial charge in [0.15, 0.2) is 6.10 Å². The predicted octanol–water partition coefficient (Wildman–Crippen LogP) is 2.07. The van der Waals surface area contributed by atoms with Crippen molar-refractivity contribution < 1.29 is 31.9 Å². The molecule has 0 saturated carbocycles. The molecular formula is C21H22FN3O6S. The summed E-state index contributed by atoms with van der Waals surface area (Å²) in [6.07, 6.45) is -1.43. The zero-order chi connectivity index (χ0) is 23.6. The average molecular weight is 463 g/mol. The standard InChI is InChI=1S/C21H22FN3O6S/c1-12(20(27)23-14-5-4-6-15(10-14)32(29,30)25(2)3)31-21(28)17-11-19(26)24-18-9-13(22)7-8-16(17)18/h4-10,12,17H,11H2,1-3H3,(H,23,27)(H,24,26)/t12-,17+/m0/s1. The highest BCUT2D eigenvalue weighted by molar-refractivity contribution is 7.89. The monoisotopic (exact) mass is 463 g/mol. The molecule has 170 valence electrons. The van der Waals surface area contributed by atoms with Crippen molar-refractivity contribution in [3.05, 3.63) is 53.8 Å². The molecule has 0 fully saturated rings. The number of hydrogen-bond acceptors (Lipinski definition) is 6. The minimum absolute atomic E-state index is 0.0120. The van der Waals surface area contributed by atoms with E-state index in [4.69, 9.17) is 4.74 Å². The number of carbonyl (C=O) groups excluding carboxylic acids is 3. The van der Waals surface area contributed by atoms with Gasteiger partial charge in [0.25, 0.3) is 5.91 Å². The summed E-state index contributed by atoms with van der Waals surface area (Å²) in [5.41, 5.74) is 0.781. The van der Waals surface area contributed by atoms with Crippen LogP contribution in [0, 0.1) is 5.82 Å². The Morgan fingerprint density at radius 3 is 2.62 bits per heavy atom. The van der Waals surface area contributed by atoms with Crippen LogP contribution in [0.5, 0.6) is 0 Å². The zero-order valence-corrected chi connectivity index (χ0v) is 18.4. The highest BCUT2D eigenvalue weighted by Crippen LogP contribution is 2.33.